The van der Waals surface area contributed by atoms with E-state index < -0.39 is 0 Å². The average molecular weight is 195 g/mol. The SMILES string of the molecule is O=CC(c1ccc(Cl)cc1)C1CC1. The summed E-state index contributed by atoms with van der Waals surface area (Å²) in [5.41, 5.74) is 1.10. The van der Waals surface area contributed by atoms with Gasteiger partial charge in [-0.2, -0.15) is 0 Å². The number of hydrogen-bond donors (Lipinski definition) is 0. The van der Waals surface area contributed by atoms with Crippen molar-refractivity contribution < 1.29 is 4.79 Å². The molecule has 1 aromatic carbocycles. The first-order valence-electron chi connectivity index (χ1n) is 4.52. The zero-order valence-electron chi connectivity index (χ0n) is 7.24. The summed E-state index contributed by atoms with van der Waals surface area (Å²) in [4.78, 5) is 10.8. The van der Waals surface area contributed by atoms with E-state index >= 15 is 0 Å². The summed E-state index contributed by atoms with van der Waals surface area (Å²) in [6.07, 6.45) is 3.43. The molecule has 68 valence electrons. The Kier molecular flexibility index (Phi) is 2.36. The van der Waals surface area contributed by atoms with Crippen molar-refractivity contribution in [3.8, 4) is 0 Å². The van der Waals surface area contributed by atoms with E-state index in [9.17, 15) is 4.79 Å². The van der Waals surface area contributed by atoms with Gasteiger partial charge in [0.25, 0.3) is 0 Å². The number of aldehydes is 1. The number of carbonyl (C=O) groups excluding carboxylic acids is 1. The van der Waals surface area contributed by atoms with Crippen molar-refractivity contribution in [2.24, 2.45) is 5.92 Å². The minimum absolute atomic E-state index is 0.0947. The lowest BCUT2D eigenvalue weighted by atomic mass is 9.96. The lowest BCUT2D eigenvalue weighted by Crippen LogP contribution is -2.01. The van der Waals surface area contributed by atoms with Crippen molar-refractivity contribution in [2.45, 2.75) is 18.8 Å². The Morgan fingerprint density at radius 2 is 1.92 bits per heavy atom. The monoisotopic (exact) mass is 194 g/mol. The molecule has 13 heavy (non-hydrogen) atoms. The van der Waals surface area contributed by atoms with Crippen molar-refractivity contribution in [1.29, 1.82) is 0 Å². The van der Waals surface area contributed by atoms with Gasteiger partial charge in [-0.15, -0.1) is 0 Å². The van der Waals surface area contributed by atoms with E-state index in [1.807, 2.05) is 24.3 Å². The highest BCUT2D eigenvalue weighted by atomic mass is 35.5. The third-order valence-corrected chi connectivity index (χ3v) is 2.78. The fourth-order valence-corrected chi connectivity index (χ4v) is 1.73. The molecule has 1 fully saturated rings. The number of rotatable bonds is 3. The van der Waals surface area contributed by atoms with E-state index in [0.717, 1.165) is 16.9 Å². The Balaban J connectivity index is 2.21. The molecule has 1 unspecified atom stereocenters. The normalized spacial score (nSPS) is 18.2. The molecule has 1 aliphatic rings. The van der Waals surface area contributed by atoms with Crippen LogP contribution in [0.1, 0.15) is 24.3 Å². The summed E-state index contributed by atoms with van der Waals surface area (Å²) in [6.45, 7) is 0. The van der Waals surface area contributed by atoms with E-state index in [-0.39, 0.29) is 5.92 Å². The molecule has 2 rings (SSSR count). The Morgan fingerprint density at radius 1 is 1.31 bits per heavy atom. The standard InChI is InChI=1S/C11H11ClO/c12-10-5-3-9(4-6-10)11(7-13)8-1-2-8/h3-8,11H,1-2H2. The Morgan fingerprint density at radius 3 is 2.38 bits per heavy atom. The predicted octanol–water partition coefficient (Wildman–Crippen LogP) is 3.03. The average Bonchev–Trinajstić information content (AvgIpc) is 2.93. The van der Waals surface area contributed by atoms with Gasteiger partial charge in [0.05, 0.1) is 0 Å². The van der Waals surface area contributed by atoms with Gasteiger partial charge in [-0.3, -0.25) is 0 Å². The number of hydrogen-bond acceptors (Lipinski definition) is 1. The van der Waals surface area contributed by atoms with Crippen LogP contribution in [-0.4, -0.2) is 6.29 Å². The van der Waals surface area contributed by atoms with Gasteiger partial charge in [0.2, 0.25) is 0 Å². The van der Waals surface area contributed by atoms with E-state index in [1.54, 1.807) is 0 Å². The number of carbonyl (C=O) groups is 1. The molecule has 0 bridgehead atoms. The molecule has 1 saturated carbocycles. The van der Waals surface area contributed by atoms with Gasteiger partial charge in [0.1, 0.15) is 6.29 Å². The van der Waals surface area contributed by atoms with Crippen LogP contribution in [0, 0.1) is 5.92 Å². The van der Waals surface area contributed by atoms with Gasteiger partial charge >= 0.3 is 0 Å². The molecular formula is C11H11ClO. The quantitative estimate of drug-likeness (QED) is 0.676. The third-order valence-electron chi connectivity index (χ3n) is 2.53. The van der Waals surface area contributed by atoms with Crippen molar-refractivity contribution in [3.05, 3.63) is 34.9 Å². The molecule has 0 spiro atoms. The van der Waals surface area contributed by atoms with Crippen LogP contribution in [0.3, 0.4) is 0 Å². The predicted molar refractivity (Wildman–Crippen MR) is 53.0 cm³/mol. The summed E-state index contributed by atoms with van der Waals surface area (Å²) in [7, 11) is 0. The minimum atomic E-state index is 0.0947. The molecule has 0 amide bonds. The highest BCUT2D eigenvalue weighted by molar-refractivity contribution is 6.30. The van der Waals surface area contributed by atoms with Gasteiger partial charge in [0.15, 0.2) is 0 Å². The van der Waals surface area contributed by atoms with Crippen LogP contribution in [0.2, 0.25) is 5.02 Å². The maximum absolute atomic E-state index is 10.8. The van der Waals surface area contributed by atoms with Crippen LogP contribution in [0.15, 0.2) is 24.3 Å². The Hall–Kier alpha value is -0.820. The van der Waals surface area contributed by atoms with E-state index in [2.05, 4.69) is 0 Å². The minimum Gasteiger partial charge on any atom is -0.303 e. The van der Waals surface area contributed by atoms with Crippen LogP contribution in [-0.2, 0) is 4.79 Å². The van der Waals surface area contributed by atoms with E-state index in [0.29, 0.717) is 5.92 Å². The molecule has 1 nitrogen and oxygen atoms in total. The van der Waals surface area contributed by atoms with Gasteiger partial charge in [-0.25, -0.2) is 0 Å². The van der Waals surface area contributed by atoms with Crippen LogP contribution in [0.5, 0.6) is 0 Å². The fourth-order valence-electron chi connectivity index (χ4n) is 1.60. The maximum Gasteiger partial charge on any atom is 0.127 e. The summed E-state index contributed by atoms with van der Waals surface area (Å²) in [5.74, 6) is 0.677. The highest BCUT2D eigenvalue weighted by Gasteiger charge is 2.31. The molecule has 2 heteroatoms. The van der Waals surface area contributed by atoms with Crippen molar-refractivity contribution in [2.75, 3.05) is 0 Å². The highest BCUT2D eigenvalue weighted by Crippen LogP contribution is 2.41. The second kappa shape index (κ2) is 3.51. The smallest absolute Gasteiger partial charge is 0.127 e. The van der Waals surface area contributed by atoms with Gasteiger partial charge in [0, 0.05) is 10.9 Å². The second-order valence-electron chi connectivity index (χ2n) is 3.55. The van der Waals surface area contributed by atoms with Gasteiger partial charge in [-0.05, 0) is 36.5 Å². The lowest BCUT2D eigenvalue weighted by molar-refractivity contribution is -0.109. The molecule has 0 heterocycles. The number of halogens is 1. The molecular weight excluding hydrogens is 184 g/mol. The topological polar surface area (TPSA) is 17.1 Å². The molecule has 0 aliphatic heterocycles. The van der Waals surface area contributed by atoms with E-state index in [1.165, 1.54) is 12.8 Å². The third kappa shape index (κ3) is 1.92. The van der Waals surface area contributed by atoms with Crippen LogP contribution in [0.25, 0.3) is 0 Å². The first-order valence-corrected chi connectivity index (χ1v) is 4.90. The molecule has 0 aromatic heterocycles. The zero-order chi connectivity index (χ0) is 9.26. The molecule has 0 N–H and O–H groups in total. The van der Waals surface area contributed by atoms with Crippen molar-refractivity contribution in [1.82, 2.24) is 0 Å². The van der Waals surface area contributed by atoms with Gasteiger partial charge in [-0.1, -0.05) is 23.7 Å². The molecule has 0 saturated heterocycles. The van der Waals surface area contributed by atoms with E-state index in [4.69, 9.17) is 11.6 Å². The Labute approximate surface area is 82.7 Å². The van der Waals surface area contributed by atoms with Crippen LogP contribution >= 0.6 is 11.6 Å². The molecule has 1 atom stereocenters. The lowest BCUT2D eigenvalue weighted by Gasteiger charge is -2.08. The molecule has 0 radical (unpaired) electrons. The summed E-state index contributed by atoms with van der Waals surface area (Å²) >= 11 is 5.77. The first kappa shape index (κ1) is 8.76. The summed E-state index contributed by atoms with van der Waals surface area (Å²) in [5, 5.41) is 0.726. The Bertz CT molecular complexity index is 300. The molecule has 1 aromatic rings. The maximum atomic E-state index is 10.8. The van der Waals surface area contributed by atoms with Crippen molar-refractivity contribution in [3.63, 3.8) is 0 Å². The largest absolute Gasteiger partial charge is 0.303 e. The zero-order valence-corrected chi connectivity index (χ0v) is 8.00. The van der Waals surface area contributed by atoms with Crippen LogP contribution < -0.4 is 0 Å². The van der Waals surface area contributed by atoms with Crippen LogP contribution in [0.4, 0.5) is 0 Å². The summed E-state index contributed by atoms with van der Waals surface area (Å²) in [6, 6.07) is 7.57. The van der Waals surface area contributed by atoms with Crippen molar-refractivity contribution >= 4 is 17.9 Å². The first-order chi connectivity index (χ1) is 6.31. The second-order valence-corrected chi connectivity index (χ2v) is 3.99. The molecule has 1 aliphatic carbocycles. The fraction of sp³-hybridized carbons (Fsp3) is 0.364. The van der Waals surface area contributed by atoms with Gasteiger partial charge < -0.3 is 4.79 Å². The number of benzene rings is 1. The summed E-state index contributed by atoms with van der Waals surface area (Å²) < 4.78 is 0.